The highest BCUT2D eigenvalue weighted by Crippen LogP contribution is 2.28. The third-order valence-corrected chi connectivity index (χ3v) is 3.39. The zero-order valence-corrected chi connectivity index (χ0v) is 14.0. The SMILES string of the molecule is C=CCOc1ccc(CNCC2CCCO2)cc1OCC.Cl. The van der Waals surface area contributed by atoms with Gasteiger partial charge in [0.25, 0.3) is 0 Å². The van der Waals surface area contributed by atoms with Crippen LogP contribution in [0.25, 0.3) is 0 Å². The van der Waals surface area contributed by atoms with Crippen LogP contribution in [0.1, 0.15) is 25.3 Å². The summed E-state index contributed by atoms with van der Waals surface area (Å²) >= 11 is 0. The van der Waals surface area contributed by atoms with E-state index in [1.807, 2.05) is 19.1 Å². The molecule has 1 aromatic carbocycles. The maximum atomic E-state index is 5.64. The van der Waals surface area contributed by atoms with E-state index in [1.165, 1.54) is 12.0 Å². The van der Waals surface area contributed by atoms with E-state index in [4.69, 9.17) is 14.2 Å². The van der Waals surface area contributed by atoms with Crippen LogP contribution in [0.4, 0.5) is 0 Å². The zero-order chi connectivity index (χ0) is 14.9. The zero-order valence-electron chi connectivity index (χ0n) is 13.2. The third kappa shape index (κ3) is 5.87. The topological polar surface area (TPSA) is 39.7 Å². The molecule has 0 aromatic heterocycles. The lowest BCUT2D eigenvalue weighted by Gasteiger charge is -2.14. The Labute approximate surface area is 139 Å². The highest BCUT2D eigenvalue weighted by Gasteiger charge is 2.14. The van der Waals surface area contributed by atoms with Gasteiger partial charge >= 0.3 is 0 Å². The van der Waals surface area contributed by atoms with Crippen molar-refractivity contribution >= 4 is 12.4 Å². The molecule has 1 aromatic rings. The van der Waals surface area contributed by atoms with Crippen LogP contribution in [0.3, 0.4) is 0 Å². The highest BCUT2D eigenvalue weighted by atomic mass is 35.5. The van der Waals surface area contributed by atoms with Crippen molar-refractivity contribution in [1.82, 2.24) is 5.32 Å². The molecule has 1 atom stereocenters. The number of halogens is 1. The van der Waals surface area contributed by atoms with Crippen molar-refractivity contribution < 1.29 is 14.2 Å². The molecular formula is C17H26ClNO3. The molecule has 0 aliphatic carbocycles. The van der Waals surface area contributed by atoms with Crippen molar-refractivity contribution in [2.24, 2.45) is 0 Å². The average molecular weight is 328 g/mol. The molecule has 0 radical (unpaired) electrons. The van der Waals surface area contributed by atoms with Crippen LogP contribution in [0, 0.1) is 0 Å². The highest BCUT2D eigenvalue weighted by molar-refractivity contribution is 5.85. The maximum Gasteiger partial charge on any atom is 0.161 e. The standard InChI is InChI=1S/C17H25NO3.ClH/c1-3-9-21-16-8-7-14(11-17(16)19-4-2)12-18-13-15-6-5-10-20-15;/h3,7-8,11,15,18H,1,4-6,9-10,12-13H2,2H3;1H. The van der Waals surface area contributed by atoms with Crippen molar-refractivity contribution in [3.8, 4) is 11.5 Å². The minimum atomic E-state index is 0. The first kappa shape index (κ1) is 18.8. The summed E-state index contributed by atoms with van der Waals surface area (Å²) < 4.78 is 16.8. The van der Waals surface area contributed by atoms with Gasteiger partial charge in [0.15, 0.2) is 11.5 Å². The van der Waals surface area contributed by atoms with E-state index in [-0.39, 0.29) is 12.4 Å². The summed E-state index contributed by atoms with van der Waals surface area (Å²) in [6.07, 6.45) is 4.43. The molecule has 0 amide bonds. The Kier molecular flexibility index (Phi) is 8.97. The van der Waals surface area contributed by atoms with Crippen LogP contribution in [-0.2, 0) is 11.3 Å². The lowest BCUT2D eigenvalue weighted by atomic mass is 10.2. The summed E-state index contributed by atoms with van der Waals surface area (Å²) in [5.74, 6) is 1.55. The fraction of sp³-hybridized carbons (Fsp3) is 0.529. The molecule has 124 valence electrons. The van der Waals surface area contributed by atoms with Gasteiger partial charge in [-0.2, -0.15) is 0 Å². The molecule has 1 unspecified atom stereocenters. The predicted octanol–water partition coefficient (Wildman–Crippen LogP) is 3.34. The number of rotatable bonds is 9. The van der Waals surface area contributed by atoms with Crippen molar-refractivity contribution in [2.75, 3.05) is 26.4 Å². The summed E-state index contributed by atoms with van der Waals surface area (Å²) in [5.41, 5.74) is 1.18. The molecule has 0 bridgehead atoms. The summed E-state index contributed by atoms with van der Waals surface area (Å²) in [6.45, 7) is 9.34. The Morgan fingerprint density at radius 2 is 2.23 bits per heavy atom. The second kappa shape index (κ2) is 10.5. The first-order valence-electron chi connectivity index (χ1n) is 7.65. The van der Waals surface area contributed by atoms with Gasteiger partial charge in [0.2, 0.25) is 0 Å². The second-order valence-electron chi connectivity index (χ2n) is 5.08. The van der Waals surface area contributed by atoms with E-state index < -0.39 is 0 Å². The van der Waals surface area contributed by atoms with Gasteiger partial charge in [0.05, 0.1) is 12.7 Å². The molecule has 0 saturated carbocycles. The molecule has 1 aliphatic rings. The summed E-state index contributed by atoms with van der Waals surface area (Å²) in [6, 6.07) is 6.05. The summed E-state index contributed by atoms with van der Waals surface area (Å²) in [4.78, 5) is 0. The van der Waals surface area contributed by atoms with Crippen molar-refractivity contribution in [3.05, 3.63) is 36.4 Å². The number of ether oxygens (including phenoxy) is 3. The molecule has 22 heavy (non-hydrogen) atoms. The van der Waals surface area contributed by atoms with E-state index in [9.17, 15) is 0 Å². The molecule has 1 heterocycles. The lowest BCUT2D eigenvalue weighted by molar-refractivity contribution is 0.110. The minimum absolute atomic E-state index is 0. The summed E-state index contributed by atoms with van der Waals surface area (Å²) in [7, 11) is 0. The molecule has 1 saturated heterocycles. The van der Waals surface area contributed by atoms with Gasteiger partial charge in [0.1, 0.15) is 6.61 Å². The van der Waals surface area contributed by atoms with Gasteiger partial charge < -0.3 is 19.5 Å². The quantitative estimate of drug-likeness (QED) is 0.706. The Bertz CT molecular complexity index is 448. The molecule has 5 heteroatoms. The molecule has 1 N–H and O–H groups in total. The monoisotopic (exact) mass is 327 g/mol. The van der Waals surface area contributed by atoms with E-state index in [2.05, 4.69) is 18.0 Å². The van der Waals surface area contributed by atoms with Crippen LogP contribution >= 0.6 is 12.4 Å². The Balaban J connectivity index is 0.00000242. The van der Waals surface area contributed by atoms with Crippen LogP contribution in [0.5, 0.6) is 11.5 Å². The van der Waals surface area contributed by atoms with Crippen LogP contribution in [-0.4, -0.2) is 32.5 Å². The Hall–Kier alpha value is -1.23. The van der Waals surface area contributed by atoms with E-state index in [0.29, 0.717) is 19.3 Å². The van der Waals surface area contributed by atoms with E-state index in [1.54, 1.807) is 6.08 Å². The van der Waals surface area contributed by atoms with Gasteiger partial charge in [-0.15, -0.1) is 12.4 Å². The van der Waals surface area contributed by atoms with Crippen molar-refractivity contribution in [3.63, 3.8) is 0 Å². The first-order valence-corrected chi connectivity index (χ1v) is 7.65. The van der Waals surface area contributed by atoms with Crippen LogP contribution < -0.4 is 14.8 Å². The number of nitrogens with one attached hydrogen (secondary N) is 1. The maximum absolute atomic E-state index is 5.64. The third-order valence-electron chi connectivity index (χ3n) is 3.39. The molecule has 1 fully saturated rings. The summed E-state index contributed by atoms with van der Waals surface area (Å²) in [5, 5.41) is 3.44. The van der Waals surface area contributed by atoms with Crippen molar-refractivity contribution in [1.29, 1.82) is 0 Å². The van der Waals surface area contributed by atoms with E-state index in [0.717, 1.165) is 37.6 Å². The molecule has 2 rings (SSSR count). The number of hydrogen-bond donors (Lipinski definition) is 1. The van der Waals surface area contributed by atoms with Crippen molar-refractivity contribution in [2.45, 2.75) is 32.4 Å². The van der Waals surface area contributed by atoms with Crippen LogP contribution in [0.2, 0.25) is 0 Å². The largest absolute Gasteiger partial charge is 0.490 e. The fourth-order valence-electron chi connectivity index (χ4n) is 2.38. The molecule has 0 spiro atoms. The molecular weight excluding hydrogens is 302 g/mol. The lowest BCUT2D eigenvalue weighted by Crippen LogP contribution is -2.25. The first-order chi connectivity index (χ1) is 10.3. The van der Waals surface area contributed by atoms with Gasteiger partial charge in [-0.25, -0.2) is 0 Å². The molecule has 4 nitrogen and oxygen atoms in total. The molecule has 1 aliphatic heterocycles. The second-order valence-corrected chi connectivity index (χ2v) is 5.08. The van der Waals surface area contributed by atoms with Gasteiger partial charge in [-0.05, 0) is 37.5 Å². The Morgan fingerprint density at radius 3 is 2.91 bits per heavy atom. The van der Waals surface area contributed by atoms with E-state index >= 15 is 0 Å². The smallest absolute Gasteiger partial charge is 0.161 e. The average Bonchev–Trinajstić information content (AvgIpc) is 3.00. The van der Waals surface area contributed by atoms with Gasteiger partial charge in [-0.1, -0.05) is 18.7 Å². The predicted molar refractivity (Wildman–Crippen MR) is 91.2 cm³/mol. The van der Waals surface area contributed by atoms with Gasteiger partial charge in [-0.3, -0.25) is 0 Å². The van der Waals surface area contributed by atoms with Crippen LogP contribution in [0.15, 0.2) is 30.9 Å². The van der Waals surface area contributed by atoms with Gasteiger partial charge in [0, 0.05) is 19.7 Å². The number of benzene rings is 1. The minimum Gasteiger partial charge on any atom is -0.490 e. The number of hydrogen-bond acceptors (Lipinski definition) is 4. The Morgan fingerprint density at radius 1 is 1.36 bits per heavy atom. The normalized spacial score (nSPS) is 16.9. The fourth-order valence-corrected chi connectivity index (χ4v) is 2.38.